The van der Waals surface area contributed by atoms with Gasteiger partial charge in [0.15, 0.2) is 0 Å². The van der Waals surface area contributed by atoms with E-state index in [0.717, 1.165) is 0 Å². The van der Waals surface area contributed by atoms with Crippen molar-refractivity contribution in [3.05, 3.63) is 84.4 Å². The molecule has 2 heteroatoms. The Morgan fingerprint density at radius 2 is 1.32 bits per heavy atom. The first kappa shape index (κ1) is 14.3. The number of hydrogen-bond acceptors (Lipinski definition) is 0. The molecule has 0 amide bonds. The van der Waals surface area contributed by atoms with E-state index in [1.807, 2.05) is 0 Å². The van der Waals surface area contributed by atoms with Crippen molar-refractivity contribution in [3.8, 4) is 0 Å². The van der Waals surface area contributed by atoms with Crippen molar-refractivity contribution in [1.82, 2.24) is 0 Å². The summed E-state index contributed by atoms with van der Waals surface area (Å²) in [4.78, 5) is 0. The van der Waals surface area contributed by atoms with Crippen molar-refractivity contribution in [2.45, 2.75) is 16.5 Å². The summed E-state index contributed by atoms with van der Waals surface area (Å²) in [5, 5.41) is 0. The summed E-state index contributed by atoms with van der Waals surface area (Å²) < 4.78 is 0.480. The Balaban J connectivity index is 2.10. The third-order valence-electron chi connectivity index (χ3n) is 3.36. The molecule has 0 aromatic heterocycles. The third kappa shape index (κ3) is 4.48. The van der Waals surface area contributed by atoms with Gasteiger partial charge in [-0.3, -0.25) is 0 Å². The van der Waals surface area contributed by atoms with Crippen LogP contribution in [0.15, 0.2) is 73.3 Å². The molecule has 2 aromatic carbocycles. The lowest BCUT2D eigenvalue weighted by Crippen LogP contribution is -2.30. The molecule has 0 fully saturated rings. The largest absolute Gasteiger partial charge is 0.102 e. The molecular formula is C17H19BrSi. The summed E-state index contributed by atoms with van der Waals surface area (Å²) in [6.07, 6.45) is 2.06. The van der Waals surface area contributed by atoms with Crippen molar-refractivity contribution < 1.29 is 0 Å². The van der Waals surface area contributed by atoms with Gasteiger partial charge in [-0.05, 0) is 12.1 Å². The first-order valence-electron chi connectivity index (χ1n) is 6.64. The zero-order valence-corrected chi connectivity index (χ0v) is 13.7. The second-order valence-corrected chi connectivity index (χ2v) is 9.91. The molecule has 1 atom stereocenters. The Kier molecular flexibility index (Phi) is 5.61. The second kappa shape index (κ2) is 7.46. The Morgan fingerprint density at radius 1 is 0.895 bits per heavy atom. The molecule has 0 heterocycles. The molecule has 0 spiro atoms. The lowest BCUT2D eigenvalue weighted by atomic mass is 10.2. The van der Waals surface area contributed by atoms with Crippen LogP contribution < -0.4 is 0 Å². The molecule has 0 radical (unpaired) electrons. The summed E-state index contributed by atoms with van der Waals surface area (Å²) in [6, 6.07) is 24.0. The monoisotopic (exact) mass is 330 g/mol. The number of hydrogen-bond donors (Lipinski definition) is 0. The summed E-state index contributed by atoms with van der Waals surface area (Å²) in [6.45, 7) is 3.95. The van der Waals surface area contributed by atoms with Crippen LogP contribution in [0.25, 0.3) is 0 Å². The standard InChI is InChI=1S/C17H19BrSi/c1-2-17(18)19(13-15-9-5-3-6-10-15)14-16-11-7-4-8-12-16/h2-12,17,19H,1,13-14H2. The highest BCUT2D eigenvalue weighted by atomic mass is 79.9. The molecule has 0 bridgehead atoms. The fourth-order valence-electron chi connectivity index (χ4n) is 2.32. The lowest BCUT2D eigenvalue weighted by molar-refractivity contribution is 1.23. The highest BCUT2D eigenvalue weighted by Crippen LogP contribution is 2.16. The topological polar surface area (TPSA) is 0 Å². The normalized spacial score (nSPS) is 12.3. The minimum atomic E-state index is -0.983. The van der Waals surface area contributed by atoms with Crippen LogP contribution in [0.2, 0.25) is 0 Å². The Bertz CT molecular complexity index is 454. The molecule has 0 aliphatic carbocycles. The minimum absolute atomic E-state index is 0.480. The van der Waals surface area contributed by atoms with Crippen LogP contribution in [-0.4, -0.2) is 13.2 Å². The maximum Gasteiger partial charge on any atom is 0.0660 e. The molecule has 98 valence electrons. The predicted molar refractivity (Wildman–Crippen MR) is 90.4 cm³/mol. The number of alkyl halides is 1. The molecule has 1 unspecified atom stereocenters. The third-order valence-corrected chi connectivity index (χ3v) is 9.14. The van der Waals surface area contributed by atoms with Crippen molar-refractivity contribution in [1.29, 1.82) is 0 Å². The van der Waals surface area contributed by atoms with E-state index < -0.39 is 8.80 Å². The zero-order valence-electron chi connectivity index (χ0n) is 11.0. The van der Waals surface area contributed by atoms with Crippen LogP contribution in [-0.2, 0) is 12.1 Å². The van der Waals surface area contributed by atoms with Gasteiger partial charge in [-0.25, -0.2) is 0 Å². The molecule has 0 aliphatic rings. The highest BCUT2D eigenvalue weighted by Gasteiger charge is 2.19. The number of allylic oxidation sites excluding steroid dienone is 1. The van der Waals surface area contributed by atoms with Crippen LogP contribution >= 0.6 is 15.9 Å². The summed E-state index contributed by atoms with van der Waals surface area (Å²) in [5.74, 6) is 0. The van der Waals surface area contributed by atoms with Crippen LogP contribution in [0.1, 0.15) is 11.1 Å². The van der Waals surface area contributed by atoms with E-state index in [9.17, 15) is 0 Å². The van der Waals surface area contributed by atoms with Gasteiger partial charge in [0.1, 0.15) is 0 Å². The highest BCUT2D eigenvalue weighted by molar-refractivity contribution is 9.10. The first-order chi connectivity index (χ1) is 9.29. The molecule has 0 saturated carbocycles. The Morgan fingerprint density at radius 3 is 1.68 bits per heavy atom. The Labute approximate surface area is 125 Å². The molecule has 0 N–H and O–H groups in total. The van der Waals surface area contributed by atoms with Gasteiger partial charge in [-0.15, -0.1) is 6.58 Å². The van der Waals surface area contributed by atoms with Crippen molar-refractivity contribution in [3.63, 3.8) is 0 Å². The van der Waals surface area contributed by atoms with E-state index in [1.165, 1.54) is 23.2 Å². The van der Waals surface area contributed by atoms with Gasteiger partial charge in [-0.2, -0.15) is 0 Å². The van der Waals surface area contributed by atoms with Crippen LogP contribution in [0.4, 0.5) is 0 Å². The summed E-state index contributed by atoms with van der Waals surface area (Å²) >= 11 is 3.80. The SMILES string of the molecule is C=CC(Br)[SiH](Cc1ccccc1)Cc1ccccc1. The maximum atomic E-state index is 3.95. The first-order valence-corrected chi connectivity index (χ1v) is 9.85. The molecule has 2 aromatic rings. The van der Waals surface area contributed by atoms with Crippen LogP contribution in [0.5, 0.6) is 0 Å². The average molecular weight is 331 g/mol. The summed E-state index contributed by atoms with van der Waals surface area (Å²) in [7, 11) is -0.983. The summed E-state index contributed by atoms with van der Waals surface area (Å²) in [5.41, 5.74) is 2.89. The smallest absolute Gasteiger partial charge is 0.0660 e. The molecule has 19 heavy (non-hydrogen) atoms. The average Bonchev–Trinajstić information content (AvgIpc) is 2.48. The Hall–Kier alpha value is -1.12. The number of benzene rings is 2. The fourth-order valence-corrected chi connectivity index (χ4v) is 6.18. The van der Waals surface area contributed by atoms with Crippen molar-refractivity contribution in [2.24, 2.45) is 0 Å². The maximum absolute atomic E-state index is 3.95. The van der Waals surface area contributed by atoms with Gasteiger partial charge in [0.25, 0.3) is 0 Å². The van der Waals surface area contributed by atoms with Gasteiger partial charge >= 0.3 is 0 Å². The molecular weight excluding hydrogens is 312 g/mol. The van der Waals surface area contributed by atoms with E-state index in [1.54, 1.807) is 0 Å². The zero-order chi connectivity index (χ0) is 13.5. The van der Waals surface area contributed by atoms with Crippen LogP contribution in [0, 0.1) is 0 Å². The molecule has 0 nitrogen and oxygen atoms in total. The quantitative estimate of drug-likeness (QED) is 0.421. The molecule has 0 aliphatic heterocycles. The van der Waals surface area contributed by atoms with Gasteiger partial charge in [0, 0.05) is 4.45 Å². The molecule has 0 saturated heterocycles. The van der Waals surface area contributed by atoms with E-state index in [4.69, 9.17) is 0 Å². The minimum Gasteiger partial charge on any atom is -0.102 e. The number of halogens is 1. The van der Waals surface area contributed by atoms with Crippen molar-refractivity contribution in [2.75, 3.05) is 0 Å². The van der Waals surface area contributed by atoms with E-state index >= 15 is 0 Å². The fraction of sp³-hybridized carbons (Fsp3) is 0.176. The molecule has 2 rings (SSSR count). The van der Waals surface area contributed by atoms with Gasteiger partial charge in [-0.1, -0.05) is 93.8 Å². The van der Waals surface area contributed by atoms with E-state index in [2.05, 4.69) is 89.2 Å². The van der Waals surface area contributed by atoms with Gasteiger partial charge < -0.3 is 0 Å². The van der Waals surface area contributed by atoms with E-state index in [-0.39, 0.29) is 0 Å². The lowest BCUT2D eigenvalue weighted by Gasteiger charge is -2.19. The van der Waals surface area contributed by atoms with Gasteiger partial charge in [0.05, 0.1) is 8.80 Å². The second-order valence-electron chi connectivity index (χ2n) is 4.82. The van der Waals surface area contributed by atoms with Crippen LogP contribution in [0.3, 0.4) is 0 Å². The van der Waals surface area contributed by atoms with Gasteiger partial charge in [0.2, 0.25) is 0 Å². The van der Waals surface area contributed by atoms with Crippen molar-refractivity contribution >= 4 is 24.7 Å². The number of rotatable bonds is 6. The predicted octanol–water partition coefficient (Wildman–Crippen LogP) is 4.27. The van der Waals surface area contributed by atoms with E-state index in [0.29, 0.717) is 4.45 Å².